The number of aromatic amines is 1. The van der Waals surface area contributed by atoms with Gasteiger partial charge >= 0.3 is 6.18 Å². The van der Waals surface area contributed by atoms with E-state index in [2.05, 4.69) is 4.98 Å². The Morgan fingerprint density at radius 3 is 2.29 bits per heavy atom. The number of aliphatic hydroxyl groups is 1. The second-order valence-electron chi connectivity index (χ2n) is 4.81. The maximum absolute atomic E-state index is 12.5. The number of hydrogen-bond donors (Lipinski definition) is 2. The van der Waals surface area contributed by atoms with E-state index in [1.807, 2.05) is 24.3 Å². The standard InChI is InChI=1S/C16H12F3NO/c17-16(18,19)11-7-5-10(6-8-11)15(21)13-9-20-14-4-2-1-3-12(13)14/h1-9,15,20-21H/t15-/m1/s1. The van der Waals surface area contributed by atoms with Crippen LogP contribution in [-0.4, -0.2) is 10.1 Å². The van der Waals surface area contributed by atoms with Gasteiger partial charge in [-0.3, -0.25) is 0 Å². The summed E-state index contributed by atoms with van der Waals surface area (Å²) in [4.78, 5) is 3.03. The van der Waals surface area contributed by atoms with Gasteiger partial charge in [0.2, 0.25) is 0 Å². The first-order valence-electron chi connectivity index (χ1n) is 6.38. The molecule has 0 saturated carbocycles. The van der Waals surface area contributed by atoms with Crippen LogP contribution in [0.2, 0.25) is 0 Å². The van der Waals surface area contributed by atoms with Crippen LogP contribution in [-0.2, 0) is 6.18 Å². The van der Waals surface area contributed by atoms with Crippen LogP contribution in [0, 0.1) is 0 Å². The van der Waals surface area contributed by atoms with Crippen LogP contribution < -0.4 is 0 Å². The van der Waals surface area contributed by atoms with Crippen molar-refractivity contribution in [1.29, 1.82) is 0 Å². The van der Waals surface area contributed by atoms with Gasteiger partial charge in [-0.25, -0.2) is 0 Å². The fraction of sp³-hybridized carbons (Fsp3) is 0.125. The molecule has 1 aromatic heterocycles. The molecule has 0 fully saturated rings. The zero-order valence-corrected chi connectivity index (χ0v) is 10.9. The average Bonchev–Trinajstić information content (AvgIpc) is 2.90. The lowest BCUT2D eigenvalue weighted by Gasteiger charge is -2.12. The smallest absolute Gasteiger partial charge is 0.384 e. The molecule has 1 atom stereocenters. The first-order chi connectivity index (χ1) is 9.97. The molecule has 0 aliphatic rings. The molecular weight excluding hydrogens is 279 g/mol. The highest BCUT2D eigenvalue weighted by Gasteiger charge is 2.30. The summed E-state index contributed by atoms with van der Waals surface area (Å²) in [5.74, 6) is 0. The van der Waals surface area contributed by atoms with Crippen LogP contribution in [0.4, 0.5) is 13.2 Å². The number of alkyl halides is 3. The summed E-state index contributed by atoms with van der Waals surface area (Å²) in [6.45, 7) is 0. The van der Waals surface area contributed by atoms with E-state index in [4.69, 9.17) is 0 Å². The van der Waals surface area contributed by atoms with Crippen LogP contribution in [0.5, 0.6) is 0 Å². The number of para-hydroxylation sites is 1. The summed E-state index contributed by atoms with van der Waals surface area (Å²) >= 11 is 0. The topological polar surface area (TPSA) is 36.0 Å². The highest BCUT2D eigenvalue weighted by atomic mass is 19.4. The number of nitrogens with one attached hydrogen (secondary N) is 1. The summed E-state index contributed by atoms with van der Waals surface area (Å²) in [7, 11) is 0. The van der Waals surface area contributed by atoms with Gasteiger partial charge in [0, 0.05) is 22.7 Å². The van der Waals surface area contributed by atoms with Crippen molar-refractivity contribution in [2.45, 2.75) is 12.3 Å². The Kier molecular flexibility index (Phi) is 3.22. The fourth-order valence-electron chi connectivity index (χ4n) is 2.35. The van der Waals surface area contributed by atoms with Crippen LogP contribution in [0.1, 0.15) is 22.8 Å². The van der Waals surface area contributed by atoms with Gasteiger partial charge in [-0.15, -0.1) is 0 Å². The number of halogens is 3. The summed E-state index contributed by atoms with van der Waals surface area (Å²) in [5.41, 5.74) is 1.22. The first kappa shape index (κ1) is 13.7. The Hall–Kier alpha value is -2.27. The summed E-state index contributed by atoms with van der Waals surface area (Å²) in [5, 5.41) is 11.2. The van der Waals surface area contributed by atoms with E-state index >= 15 is 0 Å². The lowest BCUT2D eigenvalue weighted by Crippen LogP contribution is -2.05. The summed E-state index contributed by atoms with van der Waals surface area (Å²) < 4.78 is 37.6. The van der Waals surface area contributed by atoms with E-state index in [-0.39, 0.29) is 0 Å². The number of benzene rings is 2. The zero-order chi connectivity index (χ0) is 15.0. The third kappa shape index (κ3) is 2.52. The Balaban J connectivity index is 1.97. The molecule has 3 aromatic rings. The molecular formula is C16H12F3NO. The number of hydrogen-bond acceptors (Lipinski definition) is 1. The van der Waals surface area contributed by atoms with Gasteiger partial charge in [0.1, 0.15) is 6.10 Å². The molecule has 0 saturated heterocycles. The van der Waals surface area contributed by atoms with Crippen molar-refractivity contribution in [1.82, 2.24) is 4.98 Å². The van der Waals surface area contributed by atoms with E-state index < -0.39 is 17.8 Å². The predicted molar refractivity (Wildman–Crippen MR) is 73.8 cm³/mol. The molecule has 1 heterocycles. The minimum Gasteiger partial charge on any atom is -0.384 e. The Morgan fingerprint density at radius 2 is 1.62 bits per heavy atom. The van der Waals surface area contributed by atoms with Crippen molar-refractivity contribution in [3.63, 3.8) is 0 Å². The maximum atomic E-state index is 12.5. The molecule has 0 spiro atoms. The SMILES string of the molecule is O[C@H](c1ccc(C(F)(F)F)cc1)c1c[nH]c2ccccc12. The molecule has 0 amide bonds. The third-order valence-corrected chi connectivity index (χ3v) is 3.47. The van der Waals surface area contributed by atoms with Crippen LogP contribution in [0.15, 0.2) is 54.7 Å². The Labute approximate surface area is 118 Å². The van der Waals surface area contributed by atoms with E-state index in [0.29, 0.717) is 11.1 Å². The molecule has 0 bridgehead atoms. The van der Waals surface area contributed by atoms with Crippen molar-refractivity contribution in [3.05, 3.63) is 71.4 Å². The third-order valence-electron chi connectivity index (χ3n) is 3.47. The molecule has 108 valence electrons. The first-order valence-corrected chi connectivity index (χ1v) is 6.38. The van der Waals surface area contributed by atoms with Crippen molar-refractivity contribution >= 4 is 10.9 Å². The molecule has 0 unspecified atom stereocenters. The number of aliphatic hydroxyl groups excluding tert-OH is 1. The fourth-order valence-corrected chi connectivity index (χ4v) is 2.35. The maximum Gasteiger partial charge on any atom is 0.416 e. The summed E-state index contributed by atoms with van der Waals surface area (Å²) in [6, 6.07) is 12.0. The highest BCUT2D eigenvalue weighted by molar-refractivity contribution is 5.83. The lowest BCUT2D eigenvalue weighted by molar-refractivity contribution is -0.137. The van der Waals surface area contributed by atoms with Gasteiger partial charge in [0.05, 0.1) is 5.56 Å². The normalized spacial score (nSPS) is 13.5. The van der Waals surface area contributed by atoms with Crippen LogP contribution in [0.3, 0.4) is 0 Å². The Morgan fingerprint density at radius 1 is 0.952 bits per heavy atom. The number of rotatable bonds is 2. The number of H-pyrrole nitrogens is 1. The van der Waals surface area contributed by atoms with Gasteiger partial charge in [-0.2, -0.15) is 13.2 Å². The van der Waals surface area contributed by atoms with Crippen molar-refractivity contribution < 1.29 is 18.3 Å². The quantitative estimate of drug-likeness (QED) is 0.727. The van der Waals surface area contributed by atoms with Gasteiger partial charge in [0.25, 0.3) is 0 Å². The van der Waals surface area contributed by atoms with Gasteiger partial charge < -0.3 is 10.1 Å². The molecule has 2 aromatic carbocycles. The van der Waals surface area contributed by atoms with Crippen molar-refractivity contribution in [2.24, 2.45) is 0 Å². The van der Waals surface area contributed by atoms with Gasteiger partial charge in [0.15, 0.2) is 0 Å². The van der Waals surface area contributed by atoms with Crippen molar-refractivity contribution in [3.8, 4) is 0 Å². The van der Waals surface area contributed by atoms with E-state index in [1.54, 1.807) is 6.20 Å². The molecule has 2 nitrogen and oxygen atoms in total. The second-order valence-corrected chi connectivity index (χ2v) is 4.81. The van der Waals surface area contributed by atoms with Gasteiger partial charge in [-0.1, -0.05) is 30.3 Å². The largest absolute Gasteiger partial charge is 0.416 e. The predicted octanol–water partition coefficient (Wildman–Crippen LogP) is 4.27. The van der Waals surface area contributed by atoms with Crippen LogP contribution >= 0.6 is 0 Å². The molecule has 2 N–H and O–H groups in total. The molecule has 5 heteroatoms. The molecule has 0 aliphatic heterocycles. The minimum absolute atomic E-state index is 0.424. The monoisotopic (exact) mass is 291 g/mol. The molecule has 3 rings (SSSR count). The Bertz CT molecular complexity index is 759. The zero-order valence-electron chi connectivity index (χ0n) is 10.9. The van der Waals surface area contributed by atoms with E-state index in [1.165, 1.54) is 12.1 Å². The number of fused-ring (bicyclic) bond motifs is 1. The molecule has 0 radical (unpaired) electrons. The summed E-state index contributed by atoms with van der Waals surface area (Å²) in [6.07, 6.45) is -3.67. The van der Waals surface area contributed by atoms with Crippen LogP contribution in [0.25, 0.3) is 10.9 Å². The molecule has 0 aliphatic carbocycles. The second kappa shape index (κ2) is 4.93. The average molecular weight is 291 g/mol. The minimum atomic E-state index is -4.37. The van der Waals surface area contributed by atoms with E-state index in [0.717, 1.165) is 23.0 Å². The van der Waals surface area contributed by atoms with Crippen molar-refractivity contribution in [2.75, 3.05) is 0 Å². The lowest BCUT2D eigenvalue weighted by atomic mass is 10.00. The van der Waals surface area contributed by atoms with E-state index in [9.17, 15) is 18.3 Å². The number of aromatic nitrogens is 1. The highest BCUT2D eigenvalue weighted by Crippen LogP contribution is 2.32. The molecule has 21 heavy (non-hydrogen) atoms. The van der Waals surface area contributed by atoms with Gasteiger partial charge in [-0.05, 0) is 23.8 Å².